The van der Waals surface area contributed by atoms with Crippen LogP contribution in [0.1, 0.15) is 37.0 Å². The Morgan fingerprint density at radius 3 is 2.58 bits per heavy atom. The van der Waals surface area contributed by atoms with Gasteiger partial charge in [0.25, 0.3) is 0 Å². The van der Waals surface area contributed by atoms with E-state index in [1.165, 1.54) is 4.90 Å². The van der Waals surface area contributed by atoms with Crippen molar-refractivity contribution in [3.8, 4) is 5.75 Å². The molecule has 1 unspecified atom stereocenters. The van der Waals surface area contributed by atoms with Crippen LogP contribution in [0.2, 0.25) is 0 Å². The first-order valence-electron chi connectivity index (χ1n) is 8.36. The van der Waals surface area contributed by atoms with E-state index in [2.05, 4.69) is 15.9 Å². The number of rotatable bonds is 4. The van der Waals surface area contributed by atoms with Crippen LogP contribution in [-0.4, -0.2) is 30.1 Å². The molecule has 1 aliphatic heterocycles. The van der Waals surface area contributed by atoms with E-state index >= 15 is 0 Å². The van der Waals surface area contributed by atoms with E-state index in [-0.39, 0.29) is 5.91 Å². The van der Waals surface area contributed by atoms with Crippen molar-refractivity contribution >= 4 is 27.9 Å². The topological polar surface area (TPSA) is 55.8 Å². The Labute approximate surface area is 161 Å². The summed E-state index contributed by atoms with van der Waals surface area (Å²) in [6.07, 6.45) is -1.08. The van der Waals surface area contributed by atoms with Crippen LogP contribution >= 0.6 is 15.9 Å². The minimum atomic E-state index is -0.614. The second kappa shape index (κ2) is 7.50. The first-order chi connectivity index (χ1) is 12.4. The number of imide groups is 1. The van der Waals surface area contributed by atoms with Crippen LogP contribution in [0.3, 0.4) is 0 Å². The number of amides is 2. The van der Waals surface area contributed by atoms with Gasteiger partial charge >= 0.3 is 6.09 Å². The van der Waals surface area contributed by atoms with Gasteiger partial charge in [-0.1, -0.05) is 46.3 Å². The molecule has 0 saturated carbocycles. The summed E-state index contributed by atoms with van der Waals surface area (Å²) in [5.41, 5.74) is 1.59. The van der Waals surface area contributed by atoms with Crippen molar-refractivity contribution in [2.75, 3.05) is 7.11 Å². The zero-order valence-electron chi connectivity index (χ0n) is 14.8. The molecule has 3 rings (SSSR count). The Morgan fingerprint density at radius 2 is 1.92 bits per heavy atom. The molecule has 2 aromatic carbocycles. The average molecular weight is 418 g/mol. The number of ether oxygens (including phenoxy) is 2. The van der Waals surface area contributed by atoms with Gasteiger partial charge in [0.05, 0.1) is 19.1 Å². The molecule has 136 valence electrons. The summed E-state index contributed by atoms with van der Waals surface area (Å²) in [4.78, 5) is 26.7. The maximum absolute atomic E-state index is 13.1. The number of halogens is 1. The molecule has 1 fully saturated rings. The van der Waals surface area contributed by atoms with Crippen molar-refractivity contribution in [1.82, 2.24) is 4.90 Å². The van der Waals surface area contributed by atoms with E-state index in [9.17, 15) is 9.59 Å². The number of methoxy groups -OCH3 is 1. The summed E-state index contributed by atoms with van der Waals surface area (Å²) in [7, 11) is 1.56. The highest BCUT2D eigenvalue weighted by Crippen LogP contribution is 2.36. The fourth-order valence-electron chi connectivity index (χ4n) is 3.23. The number of hydrogen-bond donors (Lipinski definition) is 0. The third-order valence-corrected chi connectivity index (χ3v) is 5.16. The first kappa shape index (κ1) is 18.5. The highest BCUT2D eigenvalue weighted by molar-refractivity contribution is 9.10. The standard InChI is InChI=1S/C20H20BrNO4/c1-12(16-11-15(21)9-10-17(16)25-3)19(23)22-13(2)18(26-20(22)24)14-7-5-4-6-8-14/h4-13,18H,1-3H3/t12?,13-,18-/m1/s1. The molecule has 0 N–H and O–H groups in total. The quantitative estimate of drug-likeness (QED) is 0.724. The number of nitrogens with zero attached hydrogens (tertiary/aromatic N) is 1. The Kier molecular flexibility index (Phi) is 5.32. The minimum Gasteiger partial charge on any atom is -0.496 e. The smallest absolute Gasteiger partial charge is 0.417 e. The Bertz CT molecular complexity index is 824. The van der Waals surface area contributed by atoms with Crippen molar-refractivity contribution in [2.24, 2.45) is 0 Å². The first-order valence-corrected chi connectivity index (χ1v) is 9.15. The normalized spacial score (nSPS) is 20.6. The number of carbonyl (C=O) groups is 2. The van der Waals surface area contributed by atoms with E-state index < -0.39 is 24.2 Å². The van der Waals surface area contributed by atoms with Crippen molar-refractivity contribution in [1.29, 1.82) is 0 Å². The predicted octanol–water partition coefficient (Wildman–Crippen LogP) is 4.67. The molecule has 0 radical (unpaired) electrons. The third kappa shape index (κ3) is 3.33. The number of cyclic esters (lactones) is 1. The summed E-state index contributed by atoms with van der Waals surface area (Å²) in [5, 5.41) is 0. The monoisotopic (exact) mass is 417 g/mol. The Morgan fingerprint density at radius 1 is 1.23 bits per heavy atom. The lowest BCUT2D eigenvalue weighted by Gasteiger charge is -2.23. The highest BCUT2D eigenvalue weighted by atomic mass is 79.9. The van der Waals surface area contributed by atoms with Crippen molar-refractivity contribution in [3.05, 3.63) is 64.1 Å². The van der Waals surface area contributed by atoms with Gasteiger partial charge in [-0.2, -0.15) is 0 Å². The summed E-state index contributed by atoms with van der Waals surface area (Å²) < 4.78 is 11.7. The van der Waals surface area contributed by atoms with Gasteiger partial charge in [-0.05, 0) is 37.6 Å². The number of benzene rings is 2. The van der Waals surface area contributed by atoms with Crippen LogP contribution in [0.25, 0.3) is 0 Å². The molecule has 3 atom stereocenters. The van der Waals surface area contributed by atoms with Gasteiger partial charge in [0.15, 0.2) is 0 Å². The van der Waals surface area contributed by atoms with Gasteiger partial charge < -0.3 is 9.47 Å². The summed E-state index contributed by atoms with van der Waals surface area (Å²) in [6.45, 7) is 3.59. The molecular weight excluding hydrogens is 398 g/mol. The number of carbonyl (C=O) groups excluding carboxylic acids is 2. The van der Waals surface area contributed by atoms with E-state index in [4.69, 9.17) is 9.47 Å². The highest BCUT2D eigenvalue weighted by Gasteiger charge is 2.45. The van der Waals surface area contributed by atoms with Crippen LogP contribution in [0.15, 0.2) is 53.0 Å². The maximum atomic E-state index is 13.1. The predicted molar refractivity (Wildman–Crippen MR) is 101 cm³/mol. The average Bonchev–Trinajstić information content (AvgIpc) is 2.95. The fourth-order valence-corrected chi connectivity index (χ4v) is 3.61. The lowest BCUT2D eigenvalue weighted by Crippen LogP contribution is -2.40. The van der Waals surface area contributed by atoms with Crippen LogP contribution in [0, 0.1) is 0 Å². The van der Waals surface area contributed by atoms with Gasteiger partial charge in [0.2, 0.25) is 5.91 Å². The molecule has 26 heavy (non-hydrogen) atoms. The summed E-state index contributed by atoms with van der Waals surface area (Å²) >= 11 is 3.42. The Hall–Kier alpha value is -2.34. The zero-order chi connectivity index (χ0) is 18.8. The van der Waals surface area contributed by atoms with Crippen molar-refractivity contribution in [2.45, 2.75) is 31.9 Å². The molecular formula is C20H20BrNO4. The number of hydrogen-bond acceptors (Lipinski definition) is 4. The molecule has 0 aliphatic carbocycles. The molecule has 0 aromatic heterocycles. The molecule has 2 aromatic rings. The second-order valence-electron chi connectivity index (χ2n) is 6.27. The van der Waals surface area contributed by atoms with Crippen molar-refractivity contribution < 1.29 is 19.1 Å². The fraction of sp³-hybridized carbons (Fsp3) is 0.300. The molecule has 1 aliphatic rings. The third-order valence-electron chi connectivity index (χ3n) is 4.66. The van der Waals surface area contributed by atoms with Gasteiger partial charge in [-0.15, -0.1) is 0 Å². The summed E-state index contributed by atoms with van der Waals surface area (Å²) in [5.74, 6) is -0.252. The maximum Gasteiger partial charge on any atom is 0.417 e. The second-order valence-corrected chi connectivity index (χ2v) is 7.19. The van der Waals surface area contributed by atoms with Crippen LogP contribution in [-0.2, 0) is 9.53 Å². The van der Waals surface area contributed by atoms with E-state index in [0.29, 0.717) is 5.75 Å². The molecule has 1 saturated heterocycles. The lowest BCUT2D eigenvalue weighted by molar-refractivity contribution is -0.130. The minimum absolute atomic E-state index is 0.308. The largest absolute Gasteiger partial charge is 0.496 e. The van der Waals surface area contributed by atoms with Gasteiger partial charge in [-0.3, -0.25) is 4.79 Å². The van der Waals surface area contributed by atoms with E-state index in [1.54, 1.807) is 20.1 Å². The van der Waals surface area contributed by atoms with Crippen LogP contribution in [0.4, 0.5) is 4.79 Å². The molecule has 0 spiro atoms. The van der Waals surface area contributed by atoms with Crippen molar-refractivity contribution in [3.63, 3.8) is 0 Å². The molecule has 2 amide bonds. The zero-order valence-corrected chi connectivity index (χ0v) is 16.4. The van der Waals surface area contributed by atoms with Crippen LogP contribution in [0.5, 0.6) is 5.75 Å². The van der Waals surface area contributed by atoms with E-state index in [0.717, 1.165) is 15.6 Å². The lowest BCUT2D eigenvalue weighted by atomic mass is 9.97. The molecule has 5 nitrogen and oxygen atoms in total. The molecule has 1 heterocycles. The van der Waals surface area contributed by atoms with E-state index in [1.807, 2.05) is 49.4 Å². The van der Waals surface area contributed by atoms with Gasteiger partial charge in [0, 0.05) is 10.0 Å². The van der Waals surface area contributed by atoms with Gasteiger partial charge in [-0.25, -0.2) is 9.69 Å². The SMILES string of the molecule is COc1ccc(Br)cc1C(C)C(=O)N1C(=O)O[C@@H](c2ccccc2)[C@H]1C. The molecule has 6 heteroatoms. The molecule has 0 bridgehead atoms. The van der Waals surface area contributed by atoms with Gasteiger partial charge in [0.1, 0.15) is 11.9 Å². The summed E-state index contributed by atoms with van der Waals surface area (Å²) in [6, 6.07) is 14.5. The van der Waals surface area contributed by atoms with Crippen LogP contribution < -0.4 is 4.74 Å². The Balaban J connectivity index is 1.88.